The van der Waals surface area contributed by atoms with Crippen LogP contribution in [0.15, 0.2) is 34.9 Å². The molecule has 31 heavy (non-hydrogen) atoms. The number of rotatable bonds is 9. The zero-order valence-electron chi connectivity index (χ0n) is 18.2. The van der Waals surface area contributed by atoms with Gasteiger partial charge in [0.25, 0.3) is 11.8 Å². The molecule has 0 atom stereocenters. The zero-order valence-corrected chi connectivity index (χ0v) is 18.2. The molecule has 1 aliphatic heterocycles. The molecule has 164 valence electrons. The summed E-state index contributed by atoms with van der Waals surface area (Å²) in [7, 11) is 0. The summed E-state index contributed by atoms with van der Waals surface area (Å²) in [4.78, 5) is 37.6. The summed E-state index contributed by atoms with van der Waals surface area (Å²) in [5.74, 6) is -0.457. The van der Waals surface area contributed by atoms with Crippen molar-refractivity contribution in [3.05, 3.63) is 40.5 Å². The van der Waals surface area contributed by atoms with Gasteiger partial charge >= 0.3 is 5.97 Å². The molecule has 1 aromatic rings. The number of amides is 2. The minimum absolute atomic E-state index is 0.0359. The van der Waals surface area contributed by atoms with E-state index in [0.717, 1.165) is 4.90 Å². The summed E-state index contributed by atoms with van der Waals surface area (Å²) >= 11 is 0. The number of benzene rings is 1. The van der Waals surface area contributed by atoms with Gasteiger partial charge in [0.2, 0.25) is 0 Å². The fourth-order valence-corrected chi connectivity index (χ4v) is 3.10. The number of hydrogen-bond acceptors (Lipinski definition) is 7. The molecule has 8 heteroatoms. The van der Waals surface area contributed by atoms with Crippen LogP contribution < -0.4 is 9.47 Å². The van der Waals surface area contributed by atoms with Gasteiger partial charge in [0.05, 0.1) is 19.8 Å². The Labute approximate surface area is 181 Å². The Kier molecular flexibility index (Phi) is 8.38. The number of carbonyl (C=O) groups is 3. The number of hydrogen-bond donors (Lipinski definition) is 0. The van der Waals surface area contributed by atoms with Crippen molar-refractivity contribution in [1.82, 2.24) is 4.90 Å². The monoisotopic (exact) mass is 426 g/mol. The Balaban J connectivity index is 2.40. The van der Waals surface area contributed by atoms with Gasteiger partial charge in [-0.3, -0.25) is 19.3 Å². The number of ether oxygens (including phenoxy) is 3. The van der Waals surface area contributed by atoms with E-state index in [0.29, 0.717) is 35.8 Å². The van der Waals surface area contributed by atoms with Gasteiger partial charge in [-0.2, -0.15) is 5.26 Å². The highest BCUT2D eigenvalue weighted by Gasteiger charge is 2.35. The number of imide groups is 1. The van der Waals surface area contributed by atoms with Gasteiger partial charge in [-0.25, -0.2) is 0 Å². The van der Waals surface area contributed by atoms with Crippen LogP contribution in [0.1, 0.15) is 39.7 Å². The predicted molar refractivity (Wildman–Crippen MR) is 113 cm³/mol. The van der Waals surface area contributed by atoms with Crippen molar-refractivity contribution < 1.29 is 28.6 Å². The molecule has 8 nitrogen and oxygen atoms in total. The first-order chi connectivity index (χ1) is 14.8. The molecule has 0 saturated carbocycles. The third-order valence-corrected chi connectivity index (χ3v) is 4.54. The van der Waals surface area contributed by atoms with Crippen LogP contribution in [0.5, 0.6) is 11.5 Å². The summed E-state index contributed by atoms with van der Waals surface area (Å²) < 4.78 is 16.1. The fraction of sp³-hybridized carbons (Fsp3) is 0.391. The highest BCUT2D eigenvalue weighted by molar-refractivity contribution is 6.19. The van der Waals surface area contributed by atoms with E-state index in [-0.39, 0.29) is 30.7 Å². The summed E-state index contributed by atoms with van der Waals surface area (Å²) in [5, 5.41) is 9.47. The average molecular weight is 426 g/mol. The maximum Gasteiger partial charge on any atom is 0.302 e. The van der Waals surface area contributed by atoms with Gasteiger partial charge in [-0.05, 0) is 56.5 Å². The lowest BCUT2D eigenvalue weighted by Crippen LogP contribution is -2.43. The first-order valence-electron chi connectivity index (χ1n) is 10.1. The smallest absolute Gasteiger partial charge is 0.302 e. The predicted octanol–water partition coefficient (Wildman–Crippen LogP) is 3.03. The molecule has 0 saturated heterocycles. The number of carbonyl (C=O) groups excluding carboxylic acids is 3. The second-order valence-corrected chi connectivity index (χ2v) is 6.70. The van der Waals surface area contributed by atoms with E-state index in [1.54, 1.807) is 31.2 Å². The van der Waals surface area contributed by atoms with Crippen molar-refractivity contribution in [3.8, 4) is 17.6 Å². The summed E-state index contributed by atoms with van der Waals surface area (Å²) in [5.41, 5.74) is 1.14. The third-order valence-electron chi connectivity index (χ3n) is 4.54. The molecular weight excluding hydrogens is 400 g/mol. The topological polar surface area (TPSA) is 106 Å². The van der Waals surface area contributed by atoms with Crippen molar-refractivity contribution in [3.63, 3.8) is 0 Å². The van der Waals surface area contributed by atoms with E-state index in [4.69, 9.17) is 14.2 Å². The van der Waals surface area contributed by atoms with Crippen LogP contribution in [0, 0.1) is 11.3 Å². The summed E-state index contributed by atoms with van der Waals surface area (Å²) in [6.07, 6.45) is 1.90. The first kappa shape index (κ1) is 23.7. The molecule has 1 aliphatic rings. The van der Waals surface area contributed by atoms with Gasteiger partial charge in [0.1, 0.15) is 11.6 Å². The quantitative estimate of drug-likeness (QED) is 0.259. The molecule has 0 fully saturated rings. The van der Waals surface area contributed by atoms with Crippen LogP contribution in [-0.2, 0) is 19.1 Å². The van der Waals surface area contributed by atoms with Crippen LogP contribution in [0.25, 0.3) is 6.08 Å². The van der Waals surface area contributed by atoms with Gasteiger partial charge in [0, 0.05) is 19.0 Å². The molecule has 0 bridgehead atoms. The van der Waals surface area contributed by atoms with E-state index >= 15 is 0 Å². The van der Waals surface area contributed by atoms with E-state index in [9.17, 15) is 19.6 Å². The lowest BCUT2D eigenvalue weighted by atomic mass is 9.93. The molecule has 0 unspecified atom stereocenters. The second kappa shape index (κ2) is 11.0. The number of nitrogens with zero attached hydrogens (tertiary/aromatic N) is 2. The minimum atomic E-state index is -0.647. The van der Waals surface area contributed by atoms with Crippen LogP contribution >= 0.6 is 0 Å². The lowest BCUT2D eigenvalue weighted by Gasteiger charge is -2.27. The standard InChI is InChI=1S/C23H26N2O6/c1-5-29-20-9-8-17(13-21(20)30-6-2)12-18-15(3)19(14-24)23(28)25(22(18)27)10-7-11-31-16(4)26/h8-9,12-13H,5-7,10-11H2,1-4H3. The van der Waals surface area contributed by atoms with Crippen molar-refractivity contribution >= 4 is 23.9 Å². The molecule has 0 N–H and O–H groups in total. The normalized spacial score (nSPS) is 15.2. The SMILES string of the molecule is CCOc1ccc(C=C2C(=O)N(CCCOC(C)=O)C(=O)C(C#N)=C2C)cc1OCC. The van der Waals surface area contributed by atoms with E-state index in [1.807, 2.05) is 19.9 Å². The Hall–Kier alpha value is -3.60. The first-order valence-corrected chi connectivity index (χ1v) is 10.1. The average Bonchev–Trinajstić information content (AvgIpc) is 2.73. The van der Waals surface area contributed by atoms with Crippen LogP contribution in [0.3, 0.4) is 0 Å². The zero-order chi connectivity index (χ0) is 23.0. The van der Waals surface area contributed by atoms with Gasteiger partial charge < -0.3 is 14.2 Å². The Morgan fingerprint density at radius 2 is 1.81 bits per heavy atom. The van der Waals surface area contributed by atoms with Crippen molar-refractivity contribution in [2.45, 2.75) is 34.1 Å². The second-order valence-electron chi connectivity index (χ2n) is 6.70. The third kappa shape index (κ3) is 5.72. The highest BCUT2D eigenvalue weighted by Crippen LogP contribution is 2.32. The van der Waals surface area contributed by atoms with E-state index in [2.05, 4.69) is 0 Å². The van der Waals surface area contributed by atoms with Crippen LogP contribution in [-0.4, -0.2) is 49.0 Å². The summed E-state index contributed by atoms with van der Waals surface area (Å²) in [6, 6.07) is 7.17. The molecule has 1 aromatic carbocycles. The van der Waals surface area contributed by atoms with Gasteiger partial charge in [-0.15, -0.1) is 0 Å². The maximum atomic E-state index is 13.0. The van der Waals surface area contributed by atoms with Gasteiger partial charge in [-0.1, -0.05) is 6.07 Å². The highest BCUT2D eigenvalue weighted by atomic mass is 16.5. The summed E-state index contributed by atoms with van der Waals surface area (Å²) in [6.45, 7) is 7.63. The molecule has 1 heterocycles. The Morgan fingerprint density at radius 1 is 1.13 bits per heavy atom. The van der Waals surface area contributed by atoms with Crippen molar-refractivity contribution in [2.75, 3.05) is 26.4 Å². The van der Waals surface area contributed by atoms with Crippen LogP contribution in [0.4, 0.5) is 0 Å². The largest absolute Gasteiger partial charge is 0.490 e. The van der Waals surface area contributed by atoms with Crippen molar-refractivity contribution in [2.24, 2.45) is 0 Å². The Morgan fingerprint density at radius 3 is 2.42 bits per heavy atom. The molecular formula is C23H26N2O6. The maximum absolute atomic E-state index is 13.0. The van der Waals surface area contributed by atoms with E-state index < -0.39 is 17.8 Å². The number of nitriles is 1. The van der Waals surface area contributed by atoms with Gasteiger partial charge in [0.15, 0.2) is 11.5 Å². The van der Waals surface area contributed by atoms with Crippen LogP contribution in [0.2, 0.25) is 0 Å². The Bertz CT molecular complexity index is 971. The molecule has 2 rings (SSSR count). The minimum Gasteiger partial charge on any atom is -0.490 e. The fourth-order valence-electron chi connectivity index (χ4n) is 3.10. The number of esters is 1. The molecule has 0 radical (unpaired) electrons. The van der Waals surface area contributed by atoms with Crippen molar-refractivity contribution in [1.29, 1.82) is 5.26 Å². The molecule has 0 spiro atoms. The molecule has 2 amide bonds. The molecule has 0 aromatic heterocycles. The lowest BCUT2D eigenvalue weighted by molar-refractivity contribution is -0.141. The van der Waals surface area contributed by atoms with E-state index in [1.165, 1.54) is 6.92 Å². The molecule has 0 aliphatic carbocycles.